The van der Waals surface area contributed by atoms with Crippen molar-refractivity contribution < 1.29 is 33.0 Å². The number of aromatic nitrogens is 1. The predicted molar refractivity (Wildman–Crippen MR) is 139 cm³/mol. The fourth-order valence-electron chi connectivity index (χ4n) is 4.58. The molecule has 1 aromatic carbocycles. The summed E-state index contributed by atoms with van der Waals surface area (Å²) in [6, 6.07) is 4.47. The highest BCUT2D eigenvalue weighted by molar-refractivity contribution is 7.89. The molecule has 0 amide bonds. The highest BCUT2D eigenvalue weighted by Gasteiger charge is 2.30. The summed E-state index contributed by atoms with van der Waals surface area (Å²) in [6.45, 7) is 8.21. The van der Waals surface area contributed by atoms with Crippen molar-refractivity contribution in [3.05, 3.63) is 40.7 Å². The zero-order chi connectivity index (χ0) is 27.2. The van der Waals surface area contributed by atoms with E-state index < -0.39 is 16.0 Å². The molecule has 3 rings (SSSR count). The normalized spacial score (nSPS) is 15.0. The van der Waals surface area contributed by atoms with E-state index in [9.17, 15) is 23.1 Å². The number of piperazine rings is 1. The molecule has 1 saturated heterocycles. The Morgan fingerprint density at radius 2 is 1.89 bits per heavy atom. The van der Waals surface area contributed by atoms with Gasteiger partial charge in [0.05, 0.1) is 22.9 Å². The van der Waals surface area contributed by atoms with Crippen LogP contribution in [0.5, 0.6) is 5.75 Å². The summed E-state index contributed by atoms with van der Waals surface area (Å²) in [5.74, 6) is -0.857. The van der Waals surface area contributed by atoms with Gasteiger partial charge in [0.15, 0.2) is 12.0 Å². The number of nitrogens with one attached hydrogen (secondary N) is 1. The van der Waals surface area contributed by atoms with Crippen LogP contribution in [0, 0.1) is 6.92 Å². The van der Waals surface area contributed by atoms with E-state index in [2.05, 4.69) is 10.3 Å². The SMILES string of the molecule is CCCc1c(C=O)c(C)c(C(=O)O)n1Nc1cc(S(=O)(=O)N2CCN(CCCO)CC2)ccc1OCC. The molecule has 0 radical (unpaired) electrons. The molecule has 0 saturated carbocycles. The zero-order valence-electron chi connectivity index (χ0n) is 21.6. The van der Waals surface area contributed by atoms with Crippen LogP contribution in [0.25, 0.3) is 0 Å². The summed E-state index contributed by atoms with van der Waals surface area (Å²) in [5.41, 5.74) is 4.35. The molecule has 37 heavy (non-hydrogen) atoms. The minimum atomic E-state index is -3.83. The molecule has 0 bridgehead atoms. The van der Waals surface area contributed by atoms with Crippen LogP contribution in [0.1, 0.15) is 58.8 Å². The molecule has 11 nitrogen and oxygen atoms in total. The minimum absolute atomic E-state index is 0.0515. The number of aliphatic hydroxyl groups excluding tert-OH is 1. The summed E-state index contributed by atoms with van der Waals surface area (Å²) >= 11 is 0. The van der Waals surface area contributed by atoms with E-state index in [1.807, 2.05) is 6.92 Å². The average Bonchev–Trinajstić information content (AvgIpc) is 3.14. The number of carboxylic acids is 1. The number of ether oxygens (including phenoxy) is 1. The lowest BCUT2D eigenvalue weighted by atomic mass is 10.1. The number of anilines is 1. The van der Waals surface area contributed by atoms with Gasteiger partial charge in [-0.25, -0.2) is 13.2 Å². The number of nitrogens with zero attached hydrogens (tertiary/aromatic N) is 3. The van der Waals surface area contributed by atoms with Crippen molar-refractivity contribution in [2.75, 3.05) is 51.4 Å². The second-order valence-electron chi connectivity index (χ2n) is 8.87. The summed E-state index contributed by atoms with van der Waals surface area (Å²) in [7, 11) is -3.83. The number of hydrogen-bond donors (Lipinski definition) is 3. The molecule has 2 aromatic rings. The van der Waals surface area contributed by atoms with E-state index in [0.717, 1.165) is 0 Å². The van der Waals surface area contributed by atoms with Crippen molar-refractivity contribution >= 4 is 28.0 Å². The lowest BCUT2D eigenvalue weighted by molar-refractivity contribution is 0.0686. The van der Waals surface area contributed by atoms with E-state index in [-0.39, 0.29) is 22.9 Å². The van der Waals surface area contributed by atoms with Gasteiger partial charge in [0.1, 0.15) is 5.75 Å². The van der Waals surface area contributed by atoms with Crippen molar-refractivity contribution in [2.24, 2.45) is 0 Å². The summed E-state index contributed by atoms with van der Waals surface area (Å²) < 4.78 is 35.4. The molecule has 1 fully saturated rings. The summed E-state index contributed by atoms with van der Waals surface area (Å²) in [6.07, 6.45) is 2.40. The molecule has 1 aromatic heterocycles. The molecule has 0 unspecified atom stereocenters. The Morgan fingerprint density at radius 1 is 1.19 bits per heavy atom. The van der Waals surface area contributed by atoms with Crippen LogP contribution in [-0.2, 0) is 16.4 Å². The van der Waals surface area contributed by atoms with Gasteiger partial charge in [-0.3, -0.25) is 14.9 Å². The smallest absolute Gasteiger partial charge is 0.354 e. The molecular formula is C25H36N4O7S. The van der Waals surface area contributed by atoms with Gasteiger partial charge < -0.3 is 19.8 Å². The third kappa shape index (κ3) is 6.15. The summed E-state index contributed by atoms with van der Waals surface area (Å²) in [4.78, 5) is 26.1. The molecule has 204 valence electrons. The van der Waals surface area contributed by atoms with E-state index in [1.54, 1.807) is 19.9 Å². The minimum Gasteiger partial charge on any atom is -0.492 e. The second-order valence-corrected chi connectivity index (χ2v) is 10.8. The topological polar surface area (TPSA) is 141 Å². The maximum Gasteiger partial charge on any atom is 0.354 e. The standard InChI is InChI=1S/C25H36N4O7S/c1-4-7-22-20(17-31)18(3)24(25(32)33)29(22)26-21-16-19(8-9-23(21)36-5-2)37(34,35)28-13-11-27(12-14-28)10-6-15-30/h8-9,16-17,26,30H,4-7,10-15H2,1-3H3,(H,32,33). The molecule has 12 heteroatoms. The van der Waals surface area contributed by atoms with Crippen LogP contribution in [0.15, 0.2) is 23.1 Å². The van der Waals surface area contributed by atoms with Crippen LogP contribution >= 0.6 is 0 Å². The maximum atomic E-state index is 13.5. The highest BCUT2D eigenvalue weighted by atomic mass is 32.2. The van der Waals surface area contributed by atoms with Gasteiger partial charge in [0, 0.05) is 44.9 Å². The zero-order valence-corrected chi connectivity index (χ0v) is 22.4. The number of sulfonamides is 1. The number of aliphatic hydroxyl groups is 1. The van der Waals surface area contributed by atoms with Gasteiger partial charge in [-0.2, -0.15) is 4.31 Å². The first-order chi connectivity index (χ1) is 17.7. The van der Waals surface area contributed by atoms with Gasteiger partial charge in [-0.05, 0) is 50.5 Å². The van der Waals surface area contributed by atoms with Crippen molar-refractivity contribution in [3.63, 3.8) is 0 Å². The quantitative estimate of drug-likeness (QED) is 0.329. The Hall–Kier alpha value is -2.93. The molecule has 0 aliphatic carbocycles. The van der Waals surface area contributed by atoms with Crippen molar-refractivity contribution in [3.8, 4) is 5.75 Å². The van der Waals surface area contributed by atoms with Gasteiger partial charge in [0.25, 0.3) is 0 Å². The molecule has 1 aliphatic heterocycles. The van der Waals surface area contributed by atoms with Crippen molar-refractivity contribution in [2.45, 2.75) is 44.9 Å². The van der Waals surface area contributed by atoms with Crippen LogP contribution in [0.2, 0.25) is 0 Å². The lowest BCUT2D eigenvalue weighted by Crippen LogP contribution is -2.48. The number of carbonyl (C=O) groups is 2. The molecule has 1 aliphatic rings. The second kappa shape index (κ2) is 12.5. The Morgan fingerprint density at radius 3 is 2.46 bits per heavy atom. The number of carboxylic acid groups (broad SMARTS) is 1. The average molecular weight is 537 g/mol. The molecule has 0 spiro atoms. The Kier molecular flexibility index (Phi) is 9.71. The van der Waals surface area contributed by atoms with E-state index in [1.165, 1.54) is 21.1 Å². The first kappa shape index (κ1) is 28.6. The number of rotatable bonds is 13. The van der Waals surface area contributed by atoms with Crippen LogP contribution in [0.4, 0.5) is 5.69 Å². The first-order valence-corrected chi connectivity index (χ1v) is 13.9. The predicted octanol–water partition coefficient (Wildman–Crippen LogP) is 2.22. The summed E-state index contributed by atoms with van der Waals surface area (Å²) in [5, 5.41) is 18.9. The van der Waals surface area contributed by atoms with Crippen LogP contribution in [-0.4, -0.2) is 90.7 Å². The van der Waals surface area contributed by atoms with Gasteiger partial charge >= 0.3 is 5.97 Å². The van der Waals surface area contributed by atoms with Gasteiger partial charge in [-0.1, -0.05) is 13.3 Å². The van der Waals surface area contributed by atoms with E-state index in [4.69, 9.17) is 9.84 Å². The fourth-order valence-corrected chi connectivity index (χ4v) is 6.03. The Bertz CT molecular complexity index is 1220. The lowest BCUT2D eigenvalue weighted by Gasteiger charge is -2.34. The third-order valence-corrected chi connectivity index (χ3v) is 8.35. The number of aldehydes is 1. The molecular weight excluding hydrogens is 500 g/mol. The molecule has 2 heterocycles. The molecule has 3 N–H and O–H groups in total. The molecule has 0 atom stereocenters. The Balaban J connectivity index is 2.00. The van der Waals surface area contributed by atoms with Crippen molar-refractivity contribution in [1.82, 2.24) is 13.9 Å². The fraction of sp³-hybridized carbons (Fsp3) is 0.520. The maximum absolute atomic E-state index is 13.5. The van der Waals surface area contributed by atoms with Gasteiger partial charge in [-0.15, -0.1) is 0 Å². The number of benzene rings is 1. The number of carbonyl (C=O) groups excluding carboxylic acids is 1. The number of aromatic carboxylic acids is 1. The van der Waals surface area contributed by atoms with E-state index >= 15 is 0 Å². The van der Waals surface area contributed by atoms with E-state index in [0.29, 0.717) is 87.4 Å². The van der Waals surface area contributed by atoms with Crippen LogP contribution < -0.4 is 10.2 Å². The number of hydrogen-bond acceptors (Lipinski definition) is 8. The third-order valence-electron chi connectivity index (χ3n) is 6.46. The Labute approximate surface area is 217 Å². The highest BCUT2D eigenvalue weighted by Crippen LogP contribution is 2.32. The van der Waals surface area contributed by atoms with Gasteiger partial charge in [0.2, 0.25) is 10.0 Å². The first-order valence-electron chi connectivity index (χ1n) is 12.5. The van der Waals surface area contributed by atoms with Crippen molar-refractivity contribution in [1.29, 1.82) is 0 Å². The largest absolute Gasteiger partial charge is 0.492 e. The monoisotopic (exact) mass is 536 g/mol. The van der Waals surface area contributed by atoms with Crippen LogP contribution in [0.3, 0.4) is 0 Å².